The normalized spacial score (nSPS) is 18.7. The lowest BCUT2D eigenvalue weighted by molar-refractivity contribution is 0.0420. The molecule has 0 saturated heterocycles. The van der Waals surface area contributed by atoms with E-state index in [2.05, 4.69) is 60.4 Å². The minimum Gasteiger partial charge on any atom is -0.384 e. The van der Waals surface area contributed by atoms with Crippen LogP contribution in [0.25, 0.3) is 0 Å². The Morgan fingerprint density at radius 3 is 1.70 bits per heavy atom. The first-order valence-electron chi connectivity index (χ1n) is 8.13. The van der Waals surface area contributed by atoms with Gasteiger partial charge in [0.25, 0.3) is 0 Å². The Balaban J connectivity index is 1.97. The van der Waals surface area contributed by atoms with Crippen molar-refractivity contribution in [1.29, 1.82) is 0 Å². The second kappa shape index (κ2) is 6.58. The fourth-order valence-corrected chi connectivity index (χ4v) is 3.68. The molecule has 0 atom stereocenters. The summed E-state index contributed by atoms with van der Waals surface area (Å²) >= 11 is 0. The van der Waals surface area contributed by atoms with Crippen LogP contribution >= 0.6 is 0 Å². The number of aliphatic hydroxyl groups is 2. The number of aliphatic hydroxyl groups excluding tert-OH is 1. The first kappa shape index (κ1) is 15.8. The molecule has 2 aromatic carbocycles. The highest BCUT2D eigenvalue weighted by molar-refractivity contribution is 5.41. The Kier molecular flexibility index (Phi) is 4.52. The monoisotopic (exact) mass is 306 g/mol. The van der Waals surface area contributed by atoms with Gasteiger partial charge in [0.2, 0.25) is 0 Å². The van der Waals surface area contributed by atoms with Gasteiger partial charge in [-0.25, -0.2) is 0 Å². The van der Waals surface area contributed by atoms with E-state index in [9.17, 15) is 5.11 Å². The topological polar surface area (TPSA) is 40.5 Å². The maximum atomic E-state index is 10.6. The van der Waals surface area contributed by atoms with Crippen LogP contribution in [0.5, 0.6) is 0 Å². The Morgan fingerprint density at radius 1 is 0.783 bits per heavy atom. The lowest BCUT2D eigenvalue weighted by Gasteiger charge is -2.43. The predicted molar refractivity (Wildman–Crippen MR) is 91.9 cm³/mol. The van der Waals surface area contributed by atoms with Gasteiger partial charge in [-0.3, -0.25) is 0 Å². The number of benzene rings is 2. The van der Waals surface area contributed by atoms with E-state index in [1.165, 1.54) is 11.1 Å². The molecular weight excluding hydrogens is 284 g/mol. The van der Waals surface area contributed by atoms with E-state index in [0.29, 0.717) is 12.8 Å². The number of hydrogen-bond donors (Lipinski definition) is 2. The number of hydrogen-bond acceptors (Lipinski definition) is 2. The van der Waals surface area contributed by atoms with Gasteiger partial charge in [0.05, 0.1) is 0 Å². The standard InChI is InChI=1S/C21H22O2/c22-17-7-12-20(23)13-15-21(16-14-20,18-8-3-1-4-9-18)19-10-5-2-6-11-19/h1-6,8-11,22-23H,13-17H2. The average molecular weight is 306 g/mol. The summed E-state index contributed by atoms with van der Waals surface area (Å²) in [6.45, 7) is -0.204. The highest BCUT2D eigenvalue weighted by Crippen LogP contribution is 2.47. The average Bonchev–Trinajstić information content (AvgIpc) is 2.63. The third-order valence-electron chi connectivity index (χ3n) is 4.98. The lowest BCUT2D eigenvalue weighted by Crippen LogP contribution is -2.41. The van der Waals surface area contributed by atoms with E-state index < -0.39 is 5.60 Å². The summed E-state index contributed by atoms with van der Waals surface area (Å²) in [6, 6.07) is 21.1. The van der Waals surface area contributed by atoms with Crippen LogP contribution in [0.4, 0.5) is 0 Å². The van der Waals surface area contributed by atoms with Crippen molar-refractivity contribution in [2.24, 2.45) is 0 Å². The van der Waals surface area contributed by atoms with E-state index in [0.717, 1.165) is 12.8 Å². The van der Waals surface area contributed by atoms with Crippen LogP contribution in [-0.2, 0) is 5.41 Å². The zero-order valence-electron chi connectivity index (χ0n) is 13.2. The van der Waals surface area contributed by atoms with Crippen molar-refractivity contribution < 1.29 is 10.2 Å². The van der Waals surface area contributed by atoms with Crippen molar-refractivity contribution in [1.82, 2.24) is 0 Å². The van der Waals surface area contributed by atoms with Crippen molar-refractivity contribution in [2.75, 3.05) is 6.61 Å². The molecule has 0 bridgehead atoms. The van der Waals surface area contributed by atoms with Crippen molar-refractivity contribution >= 4 is 0 Å². The molecule has 2 heteroatoms. The smallest absolute Gasteiger partial charge is 0.125 e. The molecule has 0 amide bonds. The van der Waals surface area contributed by atoms with E-state index in [1.54, 1.807) is 0 Å². The molecule has 1 aliphatic rings. The van der Waals surface area contributed by atoms with Crippen molar-refractivity contribution in [2.45, 2.75) is 36.7 Å². The third kappa shape index (κ3) is 3.17. The first-order chi connectivity index (χ1) is 11.2. The van der Waals surface area contributed by atoms with Crippen LogP contribution in [0.3, 0.4) is 0 Å². The van der Waals surface area contributed by atoms with E-state index in [1.807, 2.05) is 12.1 Å². The van der Waals surface area contributed by atoms with Gasteiger partial charge in [-0.15, -0.1) is 0 Å². The summed E-state index contributed by atoms with van der Waals surface area (Å²) in [5.41, 5.74) is 1.54. The molecule has 23 heavy (non-hydrogen) atoms. The molecule has 2 nitrogen and oxygen atoms in total. The zero-order valence-corrected chi connectivity index (χ0v) is 13.2. The Bertz CT molecular complexity index is 645. The summed E-state index contributed by atoms with van der Waals surface area (Å²) in [5, 5.41) is 19.5. The maximum Gasteiger partial charge on any atom is 0.125 e. The van der Waals surface area contributed by atoms with E-state index in [4.69, 9.17) is 5.11 Å². The van der Waals surface area contributed by atoms with Crippen LogP contribution in [-0.4, -0.2) is 22.4 Å². The fourth-order valence-electron chi connectivity index (χ4n) is 3.68. The molecule has 3 rings (SSSR count). The summed E-state index contributed by atoms with van der Waals surface area (Å²) < 4.78 is 0. The minimum absolute atomic E-state index is 0.0738. The van der Waals surface area contributed by atoms with Crippen LogP contribution < -0.4 is 0 Å². The molecule has 2 aromatic rings. The second-order valence-corrected chi connectivity index (χ2v) is 6.31. The van der Waals surface area contributed by atoms with Gasteiger partial charge < -0.3 is 10.2 Å². The summed E-state index contributed by atoms with van der Waals surface area (Å²) in [6.07, 6.45) is 2.92. The third-order valence-corrected chi connectivity index (χ3v) is 4.98. The molecule has 2 N–H and O–H groups in total. The molecule has 1 aliphatic carbocycles. The van der Waals surface area contributed by atoms with Crippen LogP contribution in [0, 0.1) is 11.8 Å². The Labute approximate surface area is 137 Å². The summed E-state index contributed by atoms with van der Waals surface area (Å²) in [7, 11) is 0. The van der Waals surface area contributed by atoms with E-state index >= 15 is 0 Å². The van der Waals surface area contributed by atoms with Crippen LogP contribution in [0.2, 0.25) is 0 Å². The van der Waals surface area contributed by atoms with Crippen LogP contribution in [0.1, 0.15) is 36.8 Å². The molecule has 1 saturated carbocycles. The maximum absolute atomic E-state index is 10.6. The molecule has 118 valence electrons. The molecule has 0 spiro atoms. The molecule has 0 heterocycles. The molecule has 1 fully saturated rings. The second-order valence-electron chi connectivity index (χ2n) is 6.31. The molecule has 0 radical (unpaired) electrons. The van der Waals surface area contributed by atoms with Gasteiger partial charge in [-0.2, -0.15) is 0 Å². The first-order valence-corrected chi connectivity index (χ1v) is 8.13. The highest BCUT2D eigenvalue weighted by atomic mass is 16.3. The van der Waals surface area contributed by atoms with Gasteiger partial charge in [0.1, 0.15) is 12.2 Å². The van der Waals surface area contributed by atoms with Gasteiger partial charge in [-0.1, -0.05) is 72.5 Å². The highest BCUT2D eigenvalue weighted by Gasteiger charge is 2.43. The van der Waals surface area contributed by atoms with Gasteiger partial charge in [-0.05, 0) is 36.8 Å². The lowest BCUT2D eigenvalue weighted by atomic mass is 9.62. The molecule has 0 aromatic heterocycles. The Hall–Kier alpha value is -2.08. The number of rotatable bonds is 2. The predicted octanol–water partition coefficient (Wildman–Crippen LogP) is 3.27. The Morgan fingerprint density at radius 2 is 1.26 bits per heavy atom. The molecule has 0 aliphatic heterocycles. The largest absolute Gasteiger partial charge is 0.384 e. The van der Waals surface area contributed by atoms with Crippen LogP contribution in [0.15, 0.2) is 60.7 Å². The summed E-state index contributed by atoms with van der Waals surface area (Å²) in [5.74, 6) is 5.46. The SMILES string of the molecule is OCC#CC1(O)CCC(c2ccccc2)(c2ccccc2)CC1. The molecule has 0 unspecified atom stereocenters. The quantitative estimate of drug-likeness (QED) is 0.836. The minimum atomic E-state index is -0.976. The van der Waals surface area contributed by atoms with Crippen molar-refractivity contribution in [3.05, 3.63) is 71.8 Å². The fraction of sp³-hybridized carbons (Fsp3) is 0.333. The zero-order chi connectivity index (χ0) is 16.2. The van der Waals surface area contributed by atoms with Gasteiger partial charge in [0, 0.05) is 5.41 Å². The van der Waals surface area contributed by atoms with Gasteiger partial charge in [0.15, 0.2) is 0 Å². The molecular formula is C21H22O2. The summed E-state index contributed by atoms with van der Waals surface area (Å²) in [4.78, 5) is 0. The van der Waals surface area contributed by atoms with E-state index in [-0.39, 0.29) is 12.0 Å². The van der Waals surface area contributed by atoms with Gasteiger partial charge >= 0.3 is 0 Å². The van der Waals surface area contributed by atoms with Crippen molar-refractivity contribution in [3.63, 3.8) is 0 Å². The van der Waals surface area contributed by atoms with Crippen molar-refractivity contribution in [3.8, 4) is 11.8 Å².